The molecule has 0 saturated carbocycles. The number of anilines is 1. The molecule has 0 aliphatic carbocycles. The van der Waals surface area contributed by atoms with Crippen molar-refractivity contribution in [1.29, 1.82) is 0 Å². The Morgan fingerprint density at radius 2 is 1.72 bits per heavy atom. The number of aryl methyl sites for hydroxylation is 2. The third-order valence-corrected chi connectivity index (χ3v) is 5.07. The largest absolute Gasteiger partial charge is 0.280 e. The molecular formula is C18H17N3O3S. The van der Waals surface area contributed by atoms with Gasteiger partial charge in [0.1, 0.15) is 0 Å². The molecule has 0 radical (unpaired) electrons. The fourth-order valence-corrected chi connectivity index (χ4v) is 3.52. The quantitative estimate of drug-likeness (QED) is 0.780. The second kappa shape index (κ2) is 6.52. The van der Waals surface area contributed by atoms with Crippen molar-refractivity contribution in [3.63, 3.8) is 0 Å². The van der Waals surface area contributed by atoms with E-state index in [0.29, 0.717) is 11.4 Å². The zero-order valence-electron chi connectivity index (χ0n) is 13.8. The van der Waals surface area contributed by atoms with E-state index < -0.39 is 10.0 Å². The van der Waals surface area contributed by atoms with Crippen molar-refractivity contribution in [3.8, 4) is 11.3 Å². The Balaban J connectivity index is 1.85. The lowest BCUT2D eigenvalue weighted by Gasteiger charge is -2.09. The van der Waals surface area contributed by atoms with Gasteiger partial charge in [-0.2, -0.15) is 5.10 Å². The molecule has 6 nitrogen and oxygen atoms in total. The molecule has 0 fully saturated rings. The highest BCUT2D eigenvalue weighted by molar-refractivity contribution is 7.92. The molecule has 1 aromatic heterocycles. The van der Waals surface area contributed by atoms with E-state index in [1.54, 1.807) is 55.6 Å². The maximum absolute atomic E-state index is 12.4. The van der Waals surface area contributed by atoms with Gasteiger partial charge in [-0.1, -0.05) is 24.3 Å². The Kier molecular flexibility index (Phi) is 4.41. The second-order valence-corrected chi connectivity index (χ2v) is 7.36. The number of hydrogen-bond acceptors (Lipinski definition) is 4. The summed E-state index contributed by atoms with van der Waals surface area (Å²) < 4.78 is 28.7. The van der Waals surface area contributed by atoms with E-state index >= 15 is 0 Å². The predicted octanol–water partition coefficient (Wildman–Crippen LogP) is 2.56. The van der Waals surface area contributed by atoms with Gasteiger partial charge in [0.15, 0.2) is 0 Å². The van der Waals surface area contributed by atoms with Gasteiger partial charge in [-0.15, -0.1) is 0 Å². The standard InChI is InChI=1S/C18H17N3O3S/c1-13-4-3-5-16(12-13)25(23,24)20-15-8-6-14(7-9-15)17-10-11-18(22)21(2)19-17/h3-12,20H,1-2H3. The number of benzene rings is 2. The van der Waals surface area contributed by atoms with Gasteiger partial charge in [-0.05, 0) is 42.8 Å². The number of hydrogen-bond donors (Lipinski definition) is 1. The summed E-state index contributed by atoms with van der Waals surface area (Å²) in [6.45, 7) is 1.84. The lowest BCUT2D eigenvalue weighted by molar-refractivity contribution is 0.601. The smallest absolute Gasteiger partial charge is 0.266 e. The maximum Gasteiger partial charge on any atom is 0.266 e. The minimum Gasteiger partial charge on any atom is -0.280 e. The maximum atomic E-state index is 12.4. The van der Waals surface area contributed by atoms with Crippen molar-refractivity contribution in [2.45, 2.75) is 11.8 Å². The number of nitrogens with one attached hydrogen (secondary N) is 1. The summed E-state index contributed by atoms with van der Waals surface area (Å²) in [5.74, 6) is 0. The van der Waals surface area contributed by atoms with Gasteiger partial charge in [0.05, 0.1) is 10.6 Å². The molecule has 1 heterocycles. The van der Waals surface area contributed by atoms with Gasteiger partial charge in [0, 0.05) is 24.4 Å². The fourth-order valence-electron chi connectivity index (χ4n) is 2.36. The molecule has 0 aliphatic rings. The van der Waals surface area contributed by atoms with Crippen molar-refractivity contribution in [2.24, 2.45) is 7.05 Å². The first-order valence-corrected chi connectivity index (χ1v) is 9.08. The first-order chi connectivity index (χ1) is 11.8. The summed E-state index contributed by atoms with van der Waals surface area (Å²) in [5.41, 5.74) is 2.56. The predicted molar refractivity (Wildman–Crippen MR) is 96.9 cm³/mol. The summed E-state index contributed by atoms with van der Waals surface area (Å²) in [4.78, 5) is 11.6. The van der Waals surface area contributed by atoms with Gasteiger partial charge >= 0.3 is 0 Å². The van der Waals surface area contributed by atoms with Crippen LogP contribution >= 0.6 is 0 Å². The SMILES string of the molecule is Cc1cccc(S(=O)(=O)Nc2ccc(-c3ccc(=O)n(C)n3)cc2)c1. The molecule has 0 aliphatic heterocycles. The molecule has 0 unspecified atom stereocenters. The first kappa shape index (κ1) is 16.9. The number of rotatable bonds is 4. The Labute approximate surface area is 145 Å². The average molecular weight is 355 g/mol. The van der Waals surface area contributed by atoms with Crippen LogP contribution in [0, 0.1) is 6.92 Å². The summed E-state index contributed by atoms with van der Waals surface area (Å²) >= 11 is 0. The monoisotopic (exact) mass is 355 g/mol. The number of aromatic nitrogens is 2. The highest BCUT2D eigenvalue weighted by Gasteiger charge is 2.14. The third-order valence-electron chi connectivity index (χ3n) is 3.69. The zero-order valence-corrected chi connectivity index (χ0v) is 14.6. The van der Waals surface area contributed by atoms with Crippen molar-refractivity contribution in [3.05, 3.63) is 76.6 Å². The normalized spacial score (nSPS) is 11.3. The van der Waals surface area contributed by atoms with Crippen molar-refractivity contribution < 1.29 is 8.42 Å². The summed E-state index contributed by atoms with van der Waals surface area (Å²) in [6.07, 6.45) is 0. The van der Waals surface area contributed by atoms with Crippen molar-refractivity contribution >= 4 is 15.7 Å². The molecule has 3 rings (SSSR count). The Hall–Kier alpha value is -2.93. The third kappa shape index (κ3) is 3.77. The molecule has 3 aromatic rings. The van der Waals surface area contributed by atoms with Gasteiger partial charge < -0.3 is 0 Å². The molecule has 0 atom stereocenters. The summed E-state index contributed by atoms with van der Waals surface area (Å²) in [7, 11) is -2.06. The summed E-state index contributed by atoms with van der Waals surface area (Å²) in [5, 5.41) is 4.17. The van der Waals surface area contributed by atoms with Crippen molar-refractivity contribution in [1.82, 2.24) is 9.78 Å². The van der Waals surface area contributed by atoms with Crippen LogP contribution in [0.1, 0.15) is 5.56 Å². The molecule has 128 valence electrons. The molecule has 25 heavy (non-hydrogen) atoms. The van der Waals surface area contributed by atoms with Crippen LogP contribution < -0.4 is 10.3 Å². The molecule has 2 aromatic carbocycles. The average Bonchev–Trinajstić information content (AvgIpc) is 2.58. The van der Waals surface area contributed by atoms with E-state index in [1.165, 1.54) is 10.7 Å². The molecule has 1 N–H and O–H groups in total. The Bertz CT molecular complexity index is 1070. The van der Waals surface area contributed by atoms with Gasteiger partial charge in [0.25, 0.3) is 15.6 Å². The highest BCUT2D eigenvalue weighted by atomic mass is 32.2. The summed E-state index contributed by atoms with van der Waals surface area (Å²) in [6, 6.07) is 16.6. The molecule has 0 bridgehead atoms. The lowest BCUT2D eigenvalue weighted by Crippen LogP contribution is -2.18. The van der Waals surface area contributed by atoms with Crippen LogP contribution in [-0.2, 0) is 17.1 Å². The second-order valence-electron chi connectivity index (χ2n) is 5.68. The van der Waals surface area contributed by atoms with E-state index in [-0.39, 0.29) is 10.5 Å². The van der Waals surface area contributed by atoms with Crippen LogP contribution in [0.15, 0.2) is 70.4 Å². The molecule has 0 spiro atoms. The van der Waals surface area contributed by atoms with Crippen LogP contribution in [0.25, 0.3) is 11.3 Å². The van der Waals surface area contributed by atoms with Gasteiger partial charge in [0.2, 0.25) is 0 Å². The number of nitrogens with zero attached hydrogens (tertiary/aromatic N) is 2. The van der Waals surface area contributed by atoms with E-state index in [1.807, 2.05) is 13.0 Å². The van der Waals surface area contributed by atoms with Crippen molar-refractivity contribution in [2.75, 3.05) is 4.72 Å². The minimum atomic E-state index is -3.64. The molecular weight excluding hydrogens is 338 g/mol. The minimum absolute atomic E-state index is 0.189. The number of sulfonamides is 1. The van der Waals surface area contributed by atoms with E-state index in [4.69, 9.17) is 0 Å². The highest BCUT2D eigenvalue weighted by Crippen LogP contribution is 2.21. The molecule has 7 heteroatoms. The first-order valence-electron chi connectivity index (χ1n) is 7.59. The van der Waals surface area contributed by atoms with Gasteiger partial charge in [-0.3, -0.25) is 9.52 Å². The van der Waals surface area contributed by atoms with Crippen LogP contribution in [-0.4, -0.2) is 18.2 Å². The van der Waals surface area contributed by atoms with E-state index in [2.05, 4.69) is 9.82 Å². The Morgan fingerprint density at radius 3 is 2.36 bits per heavy atom. The molecule has 0 saturated heterocycles. The van der Waals surface area contributed by atoms with E-state index in [9.17, 15) is 13.2 Å². The topological polar surface area (TPSA) is 81.1 Å². The Morgan fingerprint density at radius 1 is 1.00 bits per heavy atom. The van der Waals surface area contributed by atoms with Crippen LogP contribution in [0.2, 0.25) is 0 Å². The van der Waals surface area contributed by atoms with Crippen LogP contribution in [0.4, 0.5) is 5.69 Å². The van der Waals surface area contributed by atoms with Gasteiger partial charge in [-0.25, -0.2) is 13.1 Å². The lowest BCUT2D eigenvalue weighted by atomic mass is 10.1. The molecule has 0 amide bonds. The van der Waals surface area contributed by atoms with E-state index in [0.717, 1.165) is 11.1 Å². The van der Waals surface area contributed by atoms with Crippen LogP contribution in [0.3, 0.4) is 0 Å². The fraction of sp³-hybridized carbons (Fsp3) is 0.111. The zero-order chi connectivity index (χ0) is 18.0. The van der Waals surface area contributed by atoms with Crippen LogP contribution in [0.5, 0.6) is 0 Å².